The third kappa shape index (κ3) is 2.82. The van der Waals surface area contributed by atoms with Crippen molar-refractivity contribution in [3.05, 3.63) is 46.6 Å². The zero-order valence-corrected chi connectivity index (χ0v) is 13.2. The van der Waals surface area contributed by atoms with Crippen LogP contribution in [0.25, 0.3) is 0 Å². The first-order chi connectivity index (χ1) is 9.40. The number of rotatable bonds is 4. The Morgan fingerprint density at radius 3 is 2.45 bits per heavy atom. The summed E-state index contributed by atoms with van der Waals surface area (Å²) < 4.78 is 1.83. The van der Waals surface area contributed by atoms with E-state index in [1.54, 1.807) is 0 Å². The second-order valence-corrected chi connectivity index (χ2v) is 5.55. The Kier molecular flexibility index (Phi) is 4.09. The molecule has 0 atom stereocenters. The average molecular weight is 288 g/mol. The summed E-state index contributed by atoms with van der Waals surface area (Å²) in [4.78, 5) is 2.51. The fraction of sp³-hybridized carbons (Fsp3) is 0.333. The molecule has 0 fully saturated rings. The summed E-state index contributed by atoms with van der Waals surface area (Å²) in [5.41, 5.74) is 10.1. The first-order valence-corrected chi connectivity index (χ1v) is 6.91. The number of hydrogen-bond donors (Lipinski definition) is 1. The predicted molar refractivity (Wildman–Crippen MR) is 87.1 cm³/mol. The van der Waals surface area contributed by atoms with Gasteiger partial charge in [0, 0.05) is 20.6 Å². The van der Waals surface area contributed by atoms with E-state index in [0.29, 0.717) is 4.99 Å². The molecule has 0 saturated carbocycles. The fourth-order valence-corrected chi connectivity index (χ4v) is 2.65. The van der Waals surface area contributed by atoms with Gasteiger partial charge in [0.25, 0.3) is 0 Å². The smallest absolute Gasteiger partial charge is 0.137 e. The van der Waals surface area contributed by atoms with Gasteiger partial charge in [-0.1, -0.05) is 42.0 Å². The first kappa shape index (κ1) is 14.5. The molecule has 106 valence electrons. The van der Waals surface area contributed by atoms with Gasteiger partial charge in [-0.25, -0.2) is 0 Å². The standard InChI is InChI=1S/C15H20N4S/c1-10-5-7-12(8-6-10)9-18(3)15-13(14(16)20)11(2)17-19(15)4/h5-8H,9H2,1-4H3,(H2,16,20). The molecule has 2 aromatic rings. The molecule has 0 radical (unpaired) electrons. The number of benzene rings is 1. The molecule has 1 aromatic heterocycles. The van der Waals surface area contributed by atoms with Crippen molar-refractivity contribution in [1.29, 1.82) is 0 Å². The second kappa shape index (κ2) is 5.63. The molecule has 5 heteroatoms. The summed E-state index contributed by atoms with van der Waals surface area (Å²) in [5.74, 6) is 0.954. The molecule has 0 bridgehead atoms. The van der Waals surface area contributed by atoms with Gasteiger partial charge in [0.1, 0.15) is 10.8 Å². The highest BCUT2D eigenvalue weighted by molar-refractivity contribution is 7.80. The van der Waals surface area contributed by atoms with Gasteiger partial charge in [0.2, 0.25) is 0 Å². The minimum Gasteiger partial charge on any atom is -0.389 e. The van der Waals surface area contributed by atoms with Crippen LogP contribution in [-0.4, -0.2) is 21.8 Å². The first-order valence-electron chi connectivity index (χ1n) is 6.50. The number of aryl methyl sites for hydroxylation is 3. The van der Waals surface area contributed by atoms with Crippen LogP contribution in [0.3, 0.4) is 0 Å². The van der Waals surface area contributed by atoms with Crippen molar-refractivity contribution >= 4 is 23.0 Å². The van der Waals surface area contributed by atoms with Crippen molar-refractivity contribution < 1.29 is 0 Å². The van der Waals surface area contributed by atoms with Crippen LogP contribution in [0.4, 0.5) is 5.82 Å². The zero-order valence-electron chi connectivity index (χ0n) is 12.3. The molecule has 1 heterocycles. The van der Waals surface area contributed by atoms with E-state index in [9.17, 15) is 0 Å². The van der Waals surface area contributed by atoms with Gasteiger partial charge in [-0.3, -0.25) is 4.68 Å². The maximum atomic E-state index is 5.83. The lowest BCUT2D eigenvalue weighted by atomic mass is 10.1. The highest BCUT2D eigenvalue weighted by Crippen LogP contribution is 2.23. The van der Waals surface area contributed by atoms with Gasteiger partial charge in [0.15, 0.2) is 0 Å². The normalized spacial score (nSPS) is 10.6. The second-order valence-electron chi connectivity index (χ2n) is 5.11. The Balaban J connectivity index is 2.31. The van der Waals surface area contributed by atoms with Gasteiger partial charge >= 0.3 is 0 Å². The number of nitrogens with two attached hydrogens (primary N) is 1. The SMILES string of the molecule is Cc1ccc(CN(C)c2c(C(N)=S)c(C)nn2C)cc1. The molecule has 0 aliphatic carbocycles. The van der Waals surface area contributed by atoms with Crippen LogP contribution in [0.5, 0.6) is 0 Å². The van der Waals surface area contributed by atoms with E-state index in [4.69, 9.17) is 18.0 Å². The maximum absolute atomic E-state index is 5.83. The topological polar surface area (TPSA) is 47.1 Å². The Hall–Kier alpha value is -1.88. The highest BCUT2D eigenvalue weighted by Gasteiger charge is 2.18. The van der Waals surface area contributed by atoms with Crippen molar-refractivity contribution in [2.24, 2.45) is 12.8 Å². The van der Waals surface area contributed by atoms with E-state index in [1.807, 2.05) is 25.7 Å². The summed E-state index contributed by atoms with van der Waals surface area (Å²) in [6, 6.07) is 8.50. The molecular weight excluding hydrogens is 268 g/mol. The molecule has 0 unspecified atom stereocenters. The fourth-order valence-electron chi connectivity index (χ4n) is 2.41. The third-order valence-corrected chi connectivity index (χ3v) is 3.54. The Morgan fingerprint density at radius 2 is 1.90 bits per heavy atom. The van der Waals surface area contributed by atoms with E-state index >= 15 is 0 Å². The van der Waals surface area contributed by atoms with Crippen molar-refractivity contribution in [2.75, 3.05) is 11.9 Å². The average Bonchev–Trinajstić information content (AvgIpc) is 2.67. The number of thiocarbonyl (C=S) groups is 1. The molecule has 2 rings (SSSR count). The van der Waals surface area contributed by atoms with Crippen LogP contribution < -0.4 is 10.6 Å². The summed E-state index contributed by atoms with van der Waals surface area (Å²) in [6.45, 7) is 4.80. The molecular formula is C15H20N4S. The van der Waals surface area contributed by atoms with Crippen LogP contribution in [0.1, 0.15) is 22.4 Å². The van der Waals surface area contributed by atoms with Crippen molar-refractivity contribution in [3.8, 4) is 0 Å². The van der Waals surface area contributed by atoms with Crippen LogP contribution in [-0.2, 0) is 13.6 Å². The van der Waals surface area contributed by atoms with E-state index in [1.165, 1.54) is 11.1 Å². The van der Waals surface area contributed by atoms with E-state index < -0.39 is 0 Å². The predicted octanol–water partition coefficient (Wildman–Crippen LogP) is 2.31. The Bertz CT molecular complexity index is 628. The van der Waals surface area contributed by atoms with Crippen molar-refractivity contribution in [1.82, 2.24) is 9.78 Å². The number of anilines is 1. The van der Waals surface area contributed by atoms with Crippen LogP contribution in [0.15, 0.2) is 24.3 Å². The summed E-state index contributed by atoms with van der Waals surface area (Å²) in [6.07, 6.45) is 0. The molecule has 0 saturated heterocycles. The number of aromatic nitrogens is 2. The van der Waals surface area contributed by atoms with Gasteiger partial charge in [-0.15, -0.1) is 0 Å². The molecule has 4 nitrogen and oxygen atoms in total. The molecule has 0 aliphatic rings. The Labute approximate surface area is 125 Å². The minimum absolute atomic E-state index is 0.390. The molecule has 0 spiro atoms. The van der Waals surface area contributed by atoms with E-state index in [0.717, 1.165) is 23.6 Å². The van der Waals surface area contributed by atoms with Crippen LogP contribution >= 0.6 is 12.2 Å². The van der Waals surface area contributed by atoms with Crippen LogP contribution in [0, 0.1) is 13.8 Å². The lowest BCUT2D eigenvalue weighted by Gasteiger charge is -2.21. The molecule has 0 amide bonds. The largest absolute Gasteiger partial charge is 0.389 e. The number of hydrogen-bond acceptors (Lipinski definition) is 3. The van der Waals surface area contributed by atoms with E-state index in [2.05, 4.69) is 41.2 Å². The van der Waals surface area contributed by atoms with Gasteiger partial charge in [-0.05, 0) is 19.4 Å². The van der Waals surface area contributed by atoms with Crippen molar-refractivity contribution in [2.45, 2.75) is 20.4 Å². The van der Waals surface area contributed by atoms with Gasteiger partial charge < -0.3 is 10.6 Å². The molecule has 20 heavy (non-hydrogen) atoms. The maximum Gasteiger partial charge on any atom is 0.137 e. The minimum atomic E-state index is 0.390. The monoisotopic (exact) mass is 288 g/mol. The van der Waals surface area contributed by atoms with Crippen LogP contribution in [0.2, 0.25) is 0 Å². The quantitative estimate of drug-likeness (QED) is 0.877. The zero-order chi connectivity index (χ0) is 14.9. The van der Waals surface area contributed by atoms with Gasteiger partial charge in [-0.2, -0.15) is 5.10 Å². The summed E-state index contributed by atoms with van der Waals surface area (Å²) >= 11 is 5.15. The molecule has 0 aliphatic heterocycles. The molecule has 2 N–H and O–H groups in total. The third-order valence-electron chi connectivity index (χ3n) is 3.34. The van der Waals surface area contributed by atoms with Gasteiger partial charge in [0.05, 0.1) is 11.3 Å². The Morgan fingerprint density at radius 1 is 1.30 bits per heavy atom. The summed E-state index contributed by atoms with van der Waals surface area (Å²) in [5, 5.41) is 4.42. The number of nitrogens with zero attached hydrogens (tertiary/aromatic N) is 3. The summed E-state index contributed by atoms with van der Waals surface area (Å²) in [7, 11) is 3.94. The highest BCUT2D eigenvalue weighted by atomic mass is 32.1. The van der Waals surface area contributed by atoms with E-state index in [-0.39, 0.29) is 0 Å². The van der Waals surface area contributed by atoms with Crippen molar-refractivity contribution in [3.63, 3.8) is 0 Å². The lowest BCUT2D eigenvalue weighted by Crippen LogP contribution is -2.23. The molecule has 1 aromatic carbocycles. The lowest BCUT2D eigenvalue weighted by molar-refractivity contribution is 0.726.